The SMILES string of the molecule is CCOc1ccccc1CN(C)C(=O)CC. The van der Waals surface area contributed by atoms with Gasteiger partial charge >= 0.3 is 0 Å². The van der Waals surface area contributed by atoms with Gasteiger partial charge in [-0.2, -0.15) is 0 Å². The van der Waals surface area contributed by atoms with Crippen LogP contribution in [0.3, 0.4) is 0 Å². The highest BCUT2D eigenvalue weighted by Crippen LogP contribution is 2.19. The van der Waals surface area contributed by atoms with Crippen molar-refractivity contribution in [3.05, 3.63) is 29.8 Å². The molecule has 0 fully saturated rings. The van der Waals surface area contributed by atoms with E-state index >= 15 is 0 Å². The number of carbonyl (C=O) groups excluding carboxylic acids is 1. The molecule has 0 unspecified atom stereocenters. The minimum absolute atomic E-state index is 0.145. The van der Waals surface area contributed by atoms with Crippen LogP contribution >= 0.6 is 0 Å². The molecule has 0 radical (unpaired) electrons. The van der Waals surface area contributed by atoms with Crippen molar-refractivity contribution < 1.29 is 9.53 Å². The zero-order valence-corrected chi connectivity index (χ0v) is 10.2. The molecule has 0 spiro atoms. The summed E-state index contributed by atoms with van der Waals surface area (Å²) in [6.07, 6.45) is 0.535. The van der Waals surface area contributed by atoms with E-state index in [0.717, 1.165) is 11.3 Å². The fraction of sp³-hybridized carbons (Fsp3) is 0.462. The van der Waals surface area contributed by atoms with Crippen LogP contribution < -0.4 is 4.74 Å². The second kappa shape index (κ2) is 6.16. The zero-order valence-electron chi connectivity index (χ0n) is 10.2. The average Bonchev–Trinajstić information content (AvgIpc) is 2.31. The fourth-order valence-electron chi connectivity index (χ4n) is 1.54. The van der Waals surface area contributed by atoms with Crippen LogP contribution in [0, 0.1) is 0 Å². The maximum Gasteiger partial charge on any atom is 0.222 e. The van der Waals surface area contributed by atoms with E-state index in [0.29, 0.717) is 19.6 Å². The maximum absolute atomic E-state index is 11.5. The Balaban J connectivity index is 2.75. The molecule has 0 aliphatic heterocycles. The third kappa shape index (κ3) is 3.26. The predicted octanol–water partition coefficient (Wildman–Crippen LogP) is 2.45. The van der Waals surface area contributed by atoms with E-state index in [4.69, 9.17) is 4.74 Å². The largest absolute Gasteiger partial charge is 0.494 e. The van der Waals surface area contributed by atoms with Gasteiger partial charge in [0.1, 0.15) is 5.75 Å². The third-order valence-corrected chi connectivity index (χ3v) is 2.41. The highest BCUT2D eigenvalue weighted by atomic mass is 16.5. The Morgan fingerprint density at radius 2 is 2.00 bits per heavy atom. The molecule has 1 amide bonds. The van der Waals surface area contributed by atoms with Crippen molar-refractivity contribution in [1.82, 2.24) is 4.90 Å². The van der Waals surface area contributed by atoms with Crippen LogP contribution in [0.1, 0.15) is 25.8 Å². The first-order valence-electron chi connectivity index (χ1n) is 5.63. The fourth-order valence-corrected chi connectivity index (χ4v) is 1.54. The minimum Gasteiger partial charge on any atom is -0.494 e. The van der Waals surface area contributed by atoms with Gasteiger partial charge in [0.05, 0.1) is 6.61 Å². The Bertz CT molecular complexity index is 350. The van der Waals surface area contributed by atoms with Gasteiger partial charge in [0.2, 0.25) is 5.91 Å². The number of ether oxygens (including phenoxy) is 1. The first kappa shape index (κ1) is 12.6. The highest BCUT2D eigenvalue weighted by Gasteiger charge is 2.09. The Morgan fingerprint density at radius 1 is 1.31 bits per heavy atom. The first-order valence-corrected chi connectivity index (χ1v) is 5.63. The summed E-state index contributed by atoms with van der Waals surface area (Å²) in [5.41, 5.74) is 1.05. The van der Waals surface area contributed by atoms with Crippen LogP contribution in [0.2, 0.25) is 0 Å². The van der Waals surface area contributed by atoms with Gasteiger partial charge in [-0.1, -0.05) is 25.1 Å². The van der Waals surface area contributed by atoms with Crippen molar-refractivity contribution in [1.29, 1.82) is 0 Å². The van der Waals surface area contributed by atoms with Crippen molar-refractivity contribution >= 4 is 5.91 Å². The number of benzene rings is 1. The van der Waals surface area contributed by atoms with Gasteiger partial charge in [-0.15, -0.1) is 0 Å². The Morgan fingerprint density at radius 3 is 2.62 bits per heavy atom. The van der Waals surface area contributed by atoms with E-state index in [1.54, 1.807) is 4.90 Å². The van der Waals surface area contributed by atoms with Gasteiger partial charge in [-0.05, 0) is 13.0 Å². The van der Waals surface area contributed by atoms with E-state index in [9.17, 15) is 4.79 Å². The number of hydrogen-bond donors (Lipinski definition) is 0. The molecule has 0 atom stereocenters. The molecule has 16 heavy (non-hydrogen) atoms. The first-order chi connectivity index (χ1) is 7.69. The summed E-state index contributed by atoms with van der Waals surface area (Å²) in [5, 5.41) is 0. The number of carbonyl (C=O) groups is 1. The Hall–Kier alpha value is -1.51. The zero-order chi connectivity index (χ0) is 12.0. The quantitative estimate of drug-likeness (QED) is 0.764. The lowest BCUT2D eigenvalue weighted by Gasteiger charge is -2.18. The topological polar surface area (TPSA) is 29.5 Å². The molecule has 0 N–H and O–H groups in total. The third-order valence-electron chi connectivity index (χ3n) is 2.41. The molecule has 0 saturated heterocycles. The molecular formula is C13H19NO2. The number of para-hydroxylation sites is 1. The number of nitrogens with zero attached hydrogens (tertiary/aromatic N) is 1. The lowest BCUT2D eigenvalue weighted by molar-refractivity contribution is -0.130. The lowest BCUT2D eigenvalue weighted by atomic mass is 10.2. The number of rotatable bonds is 5. The molecule has 0 saturated carbocycles. The van der Waals surface area contributed by atoms with Crippen LogP contribution in [0.5, 0.6) is 5.75 Å². The van der Waals surface area contributed by atoms with Crippen LogP contribution in [0.25, 0.3) is 0 Å². The normalized spacial score (nSPS) is 9.94. The summed E-state index contributed by atoms with van der Waals surface area (Å²) in [7, 11) is 1.81. The molecule has 1 aromatic carbocycles. The summed E-state index contributed by atoms with van der Waals surface area (Å²) >= 11 is 0. The van der Waals surface area contributed by atoms with Gasteiger partial charge < -0.3 is 9.64 Å². The average molecular weight is 221 g/mol. The van der Waals surface area contributed by atoms with Crippen molar-refractivity contribution in [3.8, 4) is 5.75 Å². The molecule has 0 heterocycles. The van der Waals surface area contributed by atoms with Crippen LogP contribution in [0.4, 0.5) is 0 Å². The van der Waals surface area contributed by atoms with Gasteiger partial charge in [0.15, 0.2) is 0 Å². The van der Waals surface area contributed by atoms with E-state index in [1.807, 2.05) is 45.2 Å². The molecule has 3 heteroatoms. The van der Waals surface area contributed by atoms with Crippen molar-refractivity contribution in [3.63, 3.8) is 0 Å². The summed E-state index contributed by atoms with van der Waals surface area (Å²) in [4.78, 5) is 13.2. The van der Waals surface area contributed by atoms with Gasteiger partial charge in [-0.25, -0.2) is 0 Å². The smallest absolute Gasteiger partial charge is 0.222 e. The number of hydrogen-bond acceptors (Lipinski definition) is 2. The summed E-state index contributed by atoms with van der Waals surface area (Å²) in [6, 6.07) is 7.83. The molecule has 88 valence electrons. The minimum atomic E-state index is 0.145. The van der Waals surface area contributed by atoms with Crippen LogP contribution in [-0.4, -0.2) is 24.5 Å². The Labute approximate surface area is 97.0 Å². The van der Waals surface area contributed by atoms with Crippen molar-refractivity contribution in [2.24, 2.45) is 0 Å². The number of amides is 1. The van der Waals surface area contributed by atoms with Gasteiger partial charge in [-0.3, -0.25) is 4.79 Å². The molecule has 0 aromatic heterocycles. The second-order valence-electron chi connectivity index (χ2n) is 3.64. The highest BCUT2D eigenvalue weighted by molar-refractivity contribution is 5.75. The predicted molar refractivity (Wildman–Crippen MR) is 64.4 cm³/mol. The lowest BCUT2D eigenvalue weighted by Crippen LogP contribution is -2.25. The van der Waals surface area contributed by atoms with E-state index in [1.165, 1.54) is 0 Å². The Kier molecular flexibility index (Phi) is 4.83. The molecule has 0 aliphatic carbocycles. The summed E-state index contributed by atoms with van der Waals surface area (Å²) < 4.78 is 5.51. The molecule has 0 aliphatic rings. The van der Waals surface area contributed by atoms with Gasteiger partial charge in [0.25, 0.3) is 0 Å². The maximum atomic E-state index is 11.5. The molecule has 3 nitrogen and oxygen atoms in total. The van der Waals surface area contributed by atoms with Crippen molar-refractivity contribution in [2.75, 3.05) is 13.7 Å². The van der Waals surface area contributed by atoms with Crippen molar-refractivity contribution in [2.45, 2.75) is 26.8 Å². The monoisotopic (exact) mass is 221 g/mol. The molecule has 0 bridgehead atoms. The van der Waals surface area contributed by atoms with Crippen LogP contribution in [-0.2, 0) is 11.3 Å². The summed E-state index contributed by atoms with van der Waals surface area (Å²) in [5.74, 6) is 1.01. The van der Waals surface area contributed by atoms with E-state index in [-0.39, 0.29) is 5.91 Å². The van der Waals surface area contributed by atoms with Crippen LogP contribution in [0.15, 0.2) is 24.3 Å². The molecular weight excluding hydrogens is 202 g/mol. The van der Waals surface area contributed by atoms with Gasteiger partial charge in [0, 0.05) is 25.6 Å². The second-order valence-corrected chi connectivity index (χ2v) is 3.64. The molecule has 1 aromatic rings. The summed E-state index contributed by atoms with van der Waals surface area (Å²) in [6.45, 7) is 5.07. The van der Waals surface area contributed by atoms with E-state index < -0.39 is 0 Å². The standard InChI is InChI=1S/C13H19NO2/c1-4-13(15)14(3)10-11-8-6-7-9-12(11)16-5-2/h6-9H,4-5,10H2,1-3H3. The van der Waals surface area contributed by atoms with E-state index in [2.05, 4.69) is 0 Å². The molecule has 1 rings (SSSR count).